The predicted molar refractivity (Wildman–Crippen MR) is 90.2 cm³/mol. The Morgan fingerprint density at radius 3 is 2.61 bits per heavy atom. The van der Waals surface area contributed by atoms with Crippen molar-refractivity contribution in [3.05, 3.63) is 17.6 Å². The summed E-state index contributed by atoms with van der Waals surface area (Å²) >= 11 is 0. The standard InChI is InChI=1S/C15H18N4O2.C2H6/c1-9-6-11-12-13(18-10(2)17-11)19(3)15(4-5-20-7-15)8-21-14(12)16-9;1-2/h6H,4-5,7-8H2,1-3H3;1-2H3. The summed E-state index contributed by atoms with van der Waals surface area (Å²) in [6.45, 7) is 9.84. The zero-order chi connectivity index (χ0) is 16.6. The number of nitrogens with zero attached hydrogens (tertiary/aromatic N) is 4. The lowest BCUT2D eigenvalue weighted by Crippen LogP contribution is -2.51. The van der Waals surface area contributed by atoms with Crippen LogP contribution in [0.5, 0.6) is 5.88 Å². The molecule has 1 unspecified atom stereocenters. The first kappa shape index (κ1) is 15.9. The Labute approximate surface area is 136 Å². The summed E-state index contributed by atoms with van der Waals surface area (Å²) in [5.41, 5.74) is 1.63. The lowest BCUT2D eigenvalue weighted by atomic mass is 9.98. The van der Waals surface area contributed by atoms with Crippen molar-refractivity contribution in [2.75, 3.05) is 31.8 Å². The fourth-order valence-corrected chi connectivity index (χ4v) is 3.18. The molecule has 0 aliphatic carbocycles. The van der Waals surface area contributed by atoms with Crippen LogP contribution in [-0.4, -0.2) is 47.4 Å². The Bertz CT molecular complexity index is 721. The zero-order valence-electron chi connectivity index (χ0n) is 14.5. The number of aromatic nitrogens is 3. The summed E-state index contributed by atoms with van der Waals surface area (Å²) in [6.07, 6.45) is 0.932. The summed E-state index contributed by atoms with van der Waals surface area (Å²) in [7, 11) is 2.06. The Morgan fingerprint density at radius 1 is 1.13 bits per heavy atom. The van der Waals surface area contributed by atoms with Crippen LogP contribution in [0.2, 0.25) is 0 Å². The molecule has 2 aromatic rings. The molecule has 2 aromatic heterocycles. The van der Waals surface area contributed by atoms with E-state index in [1.54, 1.807) is 0 Å². The van der Waals surface area contributed by atoms with Crippen LogP contribution in [-0.2, 0) is 4.74 Å². The fraction of sp³-hybridized carbons (Fsp3) is 0.588. The van der Waals surface area contributed by atoms with Crippen LogP contribution in [0.3, 0.4) is 0 Å². The Balaban J connectivity index is 0.000000753. The molecule has 0 radical (unpaired) electrons. The number of likely N-dealkylation sites (N-methyl/N-ethyl adjacent to an activating group) is 1. The first-order chi connectivity index (χ1) is 11.1. The topological polar surface area (TPSA) is 60.4 Å². The number of anilines is 1. The minimum Gasteiger partial charge on any atom is -0.474 e. The van der Waals surface area contributed by atoms with E-state index in [0.29, 0.717) is 19.1 Å². The van der Waals surface area contributed by atoms with Crippen molar-refractivity contribution < 1.29 is 9.47 Å². The summed E-state index contributed by atoms with van der Waals surface area (Å²) in [4.78, 5) is 15.9. The highest BCUT2D eigenvalue weighted by atomic mass is 16.5. The second kappa shape index (κ2) is 5.92. The van der Waals surface area contributed by atoms with E-state index in [9.17, 15) is 0 Å². The van der Waals surface area contributed by atoms with Gasteiger partial charge < -0.3 is 14.4 Å². The van der Waals surface area contributed by atoms with Crippen molar-refractivity contribution >= 4 is 16.7 Å². The monoisotopic (exact) mass is 316 g/mol. The lowest BCUT2D eigenvalue weighted by Gasteiger charge is -2.36. The Kier molecular flexibility index (Phi) is 4.10. The number of aryl methyl sites for hydroxylation is 2. The fourth-order valence-electron chi connectivity index (χ4n) is 3.18. The molecule has 6 heteroatoms. The van der Waals surface area contributed by atoms with Gasteiger partial charge in [-0.25, -0.2) is 15.0 Å². The van der Waals surface area contributed by atoms with Crippen molar-refractivity contribution in [1.29, 1.82) is 0 Å². The van der Waals surface area contributed by atoms with E-state index in [4.69, 9.17) is 9.47 Å². The predicted octanol–water partition coefficient (Wildman–Crippen LogP) is 2.66. The summed E-state index contributed by atoms with van der Waals surface area (Å²) in [6, 6.07) is 1.98. The molecular formula is C17H24N4O2. The van der Waals surface area contributed by atoms with Crippen LogP contribution in [0.25, 0.3) is 10.9 Å². The quantitative estimate of drug-likeness (QED) is 0.744. The molecule has 2 aliphatic rings. The van der Waals surface area contributed by atoms with Gasteiger partial charge in [-0.1, -0.05) is 13.8 Å². The smallest absolute Gasteiger partial charge is 0.227 e. The normalized spacial score (nSPS) is 22.6. The van der Waals surface area contributed by atoms with Gasteiger partial charge in [-0.15, -0.1) is 0 Å². The van der Waals surface area contributed by atoms with E-state index in [-0.39, 0.29) is 5.54 Å². The van der Waals surface area contributed by atoms with Crippen LogP contribution in [0.15, 0.2) is 6.07 Å². The lowest BCUT2D eigenvalue weighted by molar-refractivity contribution is 0.149. The van der Waals surface area contributed by atoms with Crippen molar-refractivity contribution in [3.8, 4) is 5.88 Å². The molecule has 23 heavy (non-hydrogen) atoms. The largest absolute Gasteiger partial charge is 0.474 e. The van der Waals surface area contributed by atoms with Gasteiger partial charge in [0.1, 0.15) is 29.2 Å². The van der Waals surface area contributed by atoms with E-state index < -0.39 is 0 Å². The second-order valence-electron chi connectivity index (χ2n) is 5.93. The summed E-state index contributed by atoms with van der Waals surface area (Å²) in [5, 5.41) is 0.900. The third-order valence-electron chi connectivity index (χ3n) is 4.46. The number of hydrogen-bond donors (Lipinski definition) is 0. The van der Waals surface area contributed by atoms with Crippen molar-refractivity contribution in [2.45, 2.75) is 39.7 Å². The van der Waals surface area contributed by atoms with Gasteiger partial charge >= 0.3 is 0 Å². The van der Waals surface area contributed by atoms with Crippen molar-refractivity contribution in [1.82, 2.24) is 15.0 Å². The van der Waals surface area contributed by atoms with E-state index in [0.717, 1.165) is 41.3 Å². The van der Waals surface area contributed by atoms with E-state index in [1.807, 2.05) is 33.8 Å². The van der Waals surface area contributed by atoms with Gasteiger partial charge in [0.15, 0.2) is 0 Å². The van der Waals surface area contributed by atoms with Crippen molar-refractivity contribution in [3.63, 3.8) is 0 Å². The SMILES string of the molecule is CC.Cc1cc2nc(C)nc3c2c(n1)OCC1(CCOC1)N3C. The van der Waals surface area contributed by atoms with Crippen LogP contribution < -0.4 is 9.64 Å². The maximum Gasteiger partial charge on any atom is 0.227 e. The van der Waals surface area contributed by atoms with Gasteiger partial charge in [-0.2, -0.15) is 0 Å². The summed E-state index contributed by atoms with van der Waals surface area (Å²) in [5.74, 6) is 2.29. The molecule has 4 rings (SSSR count). The third-order valence-corrected chi connectivity index (χ3v) is 4.46. The minimum absolute atomic E-state index is 0.164. The van der Waals surface area contributed by atoms with Crippen LogP contribution >= 0.6 is 0 Å². The van der Waals surface area contributed by atoms with Gasteiger partial charge in [-0.05, 0) is 26.3 Å². The molecule has 1 fully saturated rings. The average molecular weight is 316 g/mol. The van der Waals surface area contributed by atoms with E-state index in [2.05, 4.69) is 26.9 Å². The second-order valence-corrected chi connectivity index (χ2v) is 5.93. The molecule has 0 amide bonds. The minimum atomic E-state index is -0.164. The van der Waals surface area contributed by atoms with Gasteiger partial charge in [0.05, 0.1) is 12.1 Å². The molecule has 2 aliphatic heterocycles. The first-order valence-electron chi connectivity index (χ1n) is 8.19. The number of rotatable bonds is 0. The van der Waals surface area contributed by atoms with Gasteiger partial charge in [-0.3, -0.25) is 0 Å². The molecule has 0 saturated carbocycles. The Hall–Kier alpha value is -1.95. The van der Waals surface area contributed by atoms with E-state index >= 15 is 0 Å². The number of pyridine rings is 1. The molecule has 0 bridgehead atoms. The van der Waals surface area contributed by atoms with Crippen LogP contribution in [0.4, 0.5) is 5.82 Å². The highest BCUT2D eigenvalue weighted by molar-refractivity contribution is 5.94. The number of hydrogen-bond acceptors (Lipinski definition) is 6. The maximum absolute atomic E-state index is 6.04. The molecule has 1 atom stereocenters. The van der Waals surface area contributed by atoms with Crippen LogP contribution in [0, 0.1) is 13.8 Å². The third kappa shape index (κ3) is 2.51. The molecule has 0 aromatic carbocycles. The molecule has 124 valence electrons. The Morgan fingerprint density at radius 2 is 1.91 bits per heavy atom. The number of ether oxygens (including phenoxy) is 2. The average Bonchev–Trinajstić information content (AvgIpc) is 2.98. The van der Waals surface area contributed by atoms with Crippen molar-refractivity contribution in [2.24, 2.45) is 0 Å². The van der Waals surface area contributed by atoms with Gasteiger partial charge in [0.2, 0.25) is 5.88 Å². The van der Waals surface area contributed by atoms with Gasteiger partial charge in [0.25, 0.3) is 0 Å². The maximum atomic E-state index is 6.04. The van der Waals surface area contributed by atoms with Crippen LogP contribution in [0.1, 0.15) is 31.8 Å². The molecule has 0 N–H and O–H groups in total. The zero-order valence-corrected chi connectivity index (χ0v) is 14.5. The highest BCUT2D eigenvalue weighted by Crippen LogP contribution is 2.40. The molecule has 1 saturated heterocycles. The first-order valence-corrected chi connectivity index (χ1v) is 8.19. The van der Waals surface area contributed by atoms with E-state index in [1.165, 1.54) is 0 Å². The molecule has 6 nitrogen and oxygen atoms in total. The highest BCUT2D eigenvalue weighted by Gasteiger charge is 2.43. The molecular weight excluding hydrogens is 292 g/mol. The van der Waals surface area contributed by atoms with Gasteiger partial charge in [0, 0.05) is 19.3 Å². The molecule has 1 spiro atoms. The molecule has 4 heterocycles. The summed E-state index contributed by atoms with van der Waals surface area (Å²) < 4.78 is 11.7.